The minimum absolute atomic E-state index is 0.0847. The highest BCUT2D eigenvalue weighted by molar-refractivity contribution is 7.92. The van der Waals surface area contributed by atoms with Gasteiger partial charge in [0.25, 0.3) is 15.9 Å². The Bertz CT molecular complexity index is 1380. The second-order valence-corrected chi connectivity index (χ2v) is 9.38. The number of hydrogen-bond donors (Lipinski definition) is 2. The Morgan fingerprint density at radius 2 is 1.64 bits per heavy atom. The molecule has 7 nitrogen and oxygen atoms in total. The average molecular weight is 461 g/mol. The summed E-state index contributed by atoms with van der Waals surface area (Å²) in [4.78, 5) is 16.9. The molecule has 0 unspecified atom stereocenters. The van der Waals surface area contributed by atoms with Gasteiger partial charge in [-0.1, -0.05) is 30.3 Å². The van der Waals surface area contributed by atoms with Crippen LogP contribution in [0.4, 0.5) is 11.4 Å². The molecule has 168 valence electrons. The normalized spacial score (nSPS) is 11.2. The summed E-state index contributed by atoms with van der Waals surface area (Å²) >= 11 is 0. The summed E-state index contributed by atoms with van der Waals surface area (Å²) in [6.07, 6.45) is 3.69. The van der Waals surface area contributed by atoms with Crippen LogP contribution < -0.4 is 10.0 Å². The molecule has 0 spiro atoms. The van der Waals surface area contributed by atoms with Gasteiger partial charge in [-0.2, -0.15) is 0 Å². The fraction of sp³-hybridized carbons (Fsp3) is 0.120. The van der Waals surface area contributed by atoms with E-state index in [0.717, 1.165) is 17.0 Å². The molecular formula is C25H24N4O3S. The van der Waals surface area contributed by atoms with Crippen molar-refractivity contribution < 1.29 is 13.2 Å². The molecule has 0 atom stereocenters. The van der Waals surface area contributed by atoms with E-state index in [1.54, 1.807) is 18.3 Å². The Labute approximate surface area is 193 Å². The van der Waals surface area contributed by atoms with Crippen molar-refractivity contribution in [3.8, 4) is 0 Å². The van der Waals surface area contributed by atoms with E-state index in [1.165, 1.54) is 24.3 Å². The number of benzene rings is 3. The van der Waals surface area contributed by atoms with Gasteiger partial charge in [0.05, 0.1) is 10.6 Å². The summed E-state index contributed by atoms with van der Waals surface area (Å²) in [7, 11) is -3.75. The predicted octanol–water partition coefficient (Wildman–Crippen LogP) is 4.60. The van der Waals surface area contributed by atoms with Gasteiger partial charge in [0.2, 0.25) is 0 Å². The molecule has 0 aliphatic rings. The van der Waals surface area contributed by atoms with Crippen molar-refractivity contribution in [2.24, 2.45) is 0 Å². The second kappa shape index (κ2) is 9.30. The van der Waals surface area contributed by atoms with Gasteiger partial charge in [0.1, 0.15) is 5.82 Å². The number of nitrogens with zero attached hydrogens (tertiary/aromatic N) is 2. The molecule has 1 heterocycles. The van der Waals surface area contributed by atoms with Crippen LogP contribution in [-0.4, -0.2) is 23.9 Å². The molecule has 0 fully saturated rings. The molecule has 1 amide bonds. The largest absolute Gasteiger partial charge is 0.331 e. The van der Waals surface area contributed by atoms with Gasteiger partial charge in [-0.05, 0) is 67.4 Å². The van der Waals surface area contributed by atoms with E-state index in [2.05, 4.69) is 15.0 Å². The van der Waals surface area contributed by atoms with Crippen LogP contribution in [0.25, 0.3) is 0 Å². The molecule has 2 N–H and O–H groups in total. The van der Waals surface area contributed by atoms with Gasteiger partial charge in [-0.3, -0.25) is 9.52 Å². The summed E-state index contributed by atoms with van der Waals surface area (Å²) in [5, 5.41) is 2.84. The van der Waals surface area contributed by atoms with Crippen LogP contribution in [0.5, 0.6) is 0 Å². The lowest BCUT2D eigenvalue weighted by Crippen LogP contribution is -2.15. The van der Waals surface area contributed by atoms with E-state index in [1.807, 2.05) is 61.0 Å². The molecular weight excluding hydrogens is 436 g/mol. The molecule has 0 saturated carbocycles. The summed E-state index contributed by atoms with van der Waals surface area (Å²) in [6.45, 7) is 4.48. The number of aromatic nitrogens is 2. The lowest BCUT2D eigenvalue weighted by molar-refractivity contribution is 0.102. The highest BCUT2D eigenvalue weighted by atomic mass is 32.2. The number of carbonyl (C=O) groups is 1. The van der Waals surface area contributed by atoms with E-state index < -0.39 is 10.0 Å². The number of imidazole rings is 1. The molecule has 0 saturated heterocycles. The fourth-order valence-corrected chi connectivity index (χ4v) is 4.47. The summed E-state index contributed by atoms with van der Waals surface area (Å²) < 4.78 is 30.0. The second-order valence-electron chi connectivity index (χ2n) is 7.70. The molecule has 0 radical (unpaired) electrons. The smallest absolute Gasteiger partial charge is 0.261 e. The summed E-state index contributed by atoms with van der Waals surface area (Å²) in [5.74, 6) is 0.621. The zero-order valence-corrected chi connectivity index (χ0v) is 19.1. The number of sulfonamides is 1. The number of anilines is 2. The predicted molar refractivity (Wildman–Crippen MR) is 129 cm³/mol. The van der Waals surface area contributed by atoms with Crippen LogP contribution in [0.3, 0.4) is 0 Å². The third-order valence-corrected chi connectivity index (χ3v) is 6.69. The number of carbonyl (C=O) groups excluding carboxylic acids is 1. The number of aryl methyl sites for hydroxylation is 2. The Morgan fingerprint density at radius 1 is 0.939 bits per heavy atom. The molecule has 1 aromatic heterocycles. The van der Waals surface area contributed by atoms with Gasteiger partial charge in [0, 0.05) is 30.2 Å². The van der Waals surface area contributed by atoms with Crippen molar-refractivity contribution >= 4 is 27.3 Å². The lowest BCUT2D eigenvalue weighted by Gasteiger charge is -2.11. The third kappa shape index (κ3) is 5.30. The number of nitrogens with one attached hydrogen (secondary N) is 2. The van der Waals surface area contributed by atoms with E-state index >= 15 is 0 Å². The van der Waals surface area contributed by atoms with Crippen molar-refractivity contribution in [1.29, 1.82) is 0 Å². The molecule has 8 heteroatoms. The quantitative estimate of drug-likeness (QED) is 0.421. The van der Waals surface area contributed by atoms with Gasteiger partial charge in [0.15, 0.2) is 0 Å². The van der Waals surface area contributed by atoms with Crippen molar-refractivity contribution in [2.45, 2.75) is 25.3 Å². The first-order chi connectivity index (χ1) is 15.8. The van der Waals surface area contributed by atoms with Crippen LogP contribution in [0.2, 0.25) is 0 Å². The average Bonchev–Trinajstić information content (AvgIpc) is 3.21. The van der Waals surface area contributed by atoms with Crippen molar-refractivity contribution in [2.75, 3.05) is 10.0 Å². The highest BCUT2D eigenvalue weighted by Gasteiger charge is 2.16. The Balaban J connectivity index is 1.41. The first-order valence-electron chi connectivity index (χ1n) is 10.4. The van der Waals surface area contributed by atoms with Gasteiger partial charge in [-0.15, -0.1) is 0 Å². The molecule has 33 heavy (non-hydrogen) atoms. The molecule has 0 aliphatic heterocycles. The summed E-state index contributed by atoms with van der Waals surface area (Å²) in [5.41, 5.74) is 3.45. The zero-order chi connectivity index (χ0) is 23.4. The fourth-order valence-electron chi connectivity index (χ4n) is 3.34. The molecule has 4 rings (SSSR count). The van der Waals surface area contributed by atoms with E-state index in [0.29, 0.717) is 23.5 Å². The summed E-state index contributed by atoms with van der Waals surface area (Å²) in [6, 6.07) is 20.6. The van der Waals surface area contributed by atoms with Crippen molar-refractivity contribution in [3.05, 3.63) is 108 Å². The zero-order valence-electron chi connectivity index (χ0n) is 18.3. The van der Waals surface area contributed by atoms with Gasteiger partial charge >= 0.3 is 0 Å². The minimum Gasteiger partial charge on any atom is -0.331 e. The molecule has 3 aromatic carbocycles. The maximum atomic E-state index is 12.7. The van der Waals surface area contributed by atoms with E-state index in [9.17, 15) is 13.2 Å². The number of para-hydroxylation sites is 1. The van der Waals surface area contributed by atoms with Crippen LogP contribution in [0.15, 0.2) is 90.1 Å². The minimum atomic E-state index is -3.75. The van der Waals surface area contributed by atoms with Crippen LogP contribution in [0.1, 0.15) is 27.3 Å². The van der Waals surface area contributed by atoms with Crippen molar-refractivity contribution in [1.82, 2.24) is 9.55 Å². The lowest BCUT2D eigenvalue weighted by atomic mass is 10.2. The monoisotopic (exact) mass is 460 g/mol. The topological polar surface area (TPSA) is 93.1 Å². The standard InChI is InChI=1S/C25H24N4O3S/c1-18-5-3-4-6-24(18)28-33(31,32)23-13-9-21(10-14-23)25(30)27-22-11-7-20(8-12-22)17-29-16-15-26-19(29)2/h3-16,28H,17H2,1-2H3,(H,27,30). The number of hydrogen-bond acceptors (Lipinski definition) is 4. The Hall–Kier alpha value is -3.91. The molecule has 4 aromatic rings. The van der Waals surface area contributed by atoms with E-state index in [4.69, 9.17) is 0 Å². The Kier molecular flexibility index (Phi) is 6.28. The van der Waals surface area contributed by atoms with Crippen molar-refractivity contribution in [3.63, 3.8) is 0 Å². The van der Waals surface area contributed by atoms with Crippen LogP contribution >= 0.6 is 0 Å². The number of rotatable bonds is 7. The van der Waals surface area contributed by atoms with Gasteiger partial charge < -0.3 is 9.88 Å². The first-order valence-corrected chi connectivity index (χ1v) is 11.9. The highest BCUT2D eigenvalue weighted by Crippen LogP contribution is 2.20. The molecule has 0 bridgehead atoms. The Morgan fingerprint density at radius 3 is 2.27 bits per heavy atom. The van der Waals surface area contributed by atoms with Crippen LogP contribution in [0, 0.1) is 13.8 Å². The van der Waals surface area contributed by atoms with Crippen LogP contribution in [-0.2, 0) is 16.6 Å². The number of amides is 1. The third-order valence-electron chi connectivity index (χ3n) is 5.30. The molecule has 0 aliphatic carbocycles. The first kappa shape index (κ1) is 22.3. The van der Waals surface area contributed by atoms with Gasteiger partial charge in [-0.25, -0.2) is 13.4 Å². The maximum absolute atomic E-state index is 12.7. The SMILES string of the molecule is Cc1ccccc1NS(=O)(=O)c1ccc(C(=O)Nc2ccc(Cn3ccnc3C)cc2)cc1. The maximum Gasteiger partial charge on any atom is 0.261 e. The van der Waals surface area contributed by atoms with E-state index in [-0.39, 0.29) is 10.8 Å².